The first-order valence-corrected chi connectivity index (χ1v) is 10.2. The summed E-state index contributed by atoms with van der Waals surface area (Å²) in [5.41, 5.74) is 1.86. The maximum Gasteiger partial charge on any atom is 0.230 e. The largest absolute Gasteiger partial charge is 0.354 e. The molecule has 1 heterocycles. The van der Waals surface area contributed by atoms with Crippen molar-refractivity contribution in [2.75, 3.05) is 39.3 Å². The third-order valence-corrected chi connectivity index (χ3v) is 6.01. The number of piperazine rings is 1. The number of hydrogen-bond donors (Lipinski definition) is 1. The Kier molecular flexibility index (Phi) is 5.74. The van der Waals surface area contributed by atoms with Crippen LogP contribution in [-0.2, 0) is 16.8 Å². The van der Waals surface area contributed by atoms with E-state index in [1.54, 1.807) is 12.1 Å². The lowest BCUT2D eigenvalue weighted by atomic mass is 9.95. The summed E-state index contributed by atoms with van der Waals surface area (Å²) in [6.45, 7) is 6.73. The van der Waals surface area contributed by atoms with Crippen LogP contribution in [0.5, 0.6) is 0 Å². The van der Waals surface area contributed by atoms with Crippen LogP contribution < -0.4 is 5.32 Å². The number of carbonyl (C=O) groups excluding carboxylic acids is 1. The Morgan fingerprint density at radius 3 is 2.21 bits per heavy atom. The lowest BCUT2D eigenvalue weighted by molar-refractivity contribution is -0.123. The van der Waals surface area contributed by atoms with Crippen molar-refractivity contribution in [3.8, 4) is 0 Å². The number of benzene rings is 2. The van der Waals surface area contributed by atoms with Crippen LogP contribution >= 0.6 is 0 Å². The van der Waals surface area contributed by atoms with Crippen molar-refractivity contribution < 1.29 is 9.18 Å². The lowest BCUT2D eigenvalue weighted by Gasteiger charge is -2.34. The monoisotopic (exact) mass is 381 g/mol. The molecule has 28 heavy (non-hydrogen) atoms. The van der Waals surface area contributed by atoms with Crippen molar-refractivity contribution in [2.24, 2.45) is 0 Å². The van der Waals surface area contributed by atoms with Crippen LogP contribution in [0.3, 0.4) is 0 Å². The average Bonchev–Trinajstić information content (AvgIpc) is 3.53. The summed E-state index contributed by atoms with van der Waals surface area (Å²) in [7, 11) is 0. The van der Waals surface area contributed by atoms with Gasteiger partial charge in [0.05, 0.1) is 5.41 Å². The highest BCUT2D eigenvalue weighted by atomic mass is 19.1. The first kappa shape index (κ1) is 19.1. The zero-order chi connectivity index (χ0) is 19.4. The Morgan fingerprint density at radius 2 is 1.57 bits per heavy atom. The Morgan fingerprint density at radius 1 is 0.929 bits per heavy atom. The van der Waals surface area contributed by atoms with Crippen LogP contribution in [-0.4, -0.2) is 55.0 Å². The van der Waals surface area contributed by atoms with Gasteiger partial charge >= 0.3 is 0 Å². The van der Waals surface area contributed by atoms with Crippen LogP contribution in [0.1, 0.15) is 24.0 Å². The van der Waals surface area contributed by atoms with Gasteiger partial charge in [0.2, 0.25) is 5.91 Å². The highest BCUT2D eigenvalue weighted by Crippen LogP contribution is 2.48. The zero-order valence-corrected chi connectivity index (χ0v) is 16.2. The van der Waals surface area contributed by atoms with Gasteiger partial charge in [-0.15, -0.1) is 0 Å². The van der Waals surface area contributed by atoms with Gasteiger partial charge in [-0.1, -0.05) is 42.5 Å². The Balaban J connectivity index is 1.19. The van der Waals surface area contributed by atoms with E-state index in [4.69, 9.17) is 0 Å². The summed E-state index contributed by atoms with van der Waals surface area (Å²) >= 11 is 0. The Labute approximate surface area is 166 Å². The predicted molar refractivity (Wildman–Crippen MR) is 108 cm³/mol. The van der Waals surface area contributed by atoms with Crippen molar-refractivity contribution >= 4 is 5.91 Å². The summed E-state index contributed by atoms with van der Waals surface area (Å²) in [6.07, 6.45) is 1.70. The molecule has 2 fully saturated rings. The first-order chi connectivity index (χ1) is 13.7. The molecule has 4 nitrogen and oxygen atoms in total. The molecule has 0 unspecified atom stereocenters. The molecule has 5 heteroatoms. The molecular formula is C23H28FN3O. The molecule has 0 aromatic heterocycles. The van der Waals surface area contributed by atoms with Crippen molar-refractivity contribution in [3.05, 3.63) is 71.5 Å². The molecular weight excluding hydrogens is 353 g/mol. The second-order valence-electron chi connectivity index (χ2n) is 7.95. The standard InChI is InChI=1S/C23H28FN3O/c24-21-8-6-20(7-9-21)23(10-11-23)22(28)25-12-13-26-14-16-27(17-15-26)18-19-4-2-1-3-5-19/h1-9H,10-18H2,(H,25,28). The molecule has 2 aromatic carbocycles. The maximum atomic E-state index is 13.1. The molecule has 1 N–H and O–H groups in total. The average molecular weight is 381 g/mol. The van der Waals surface area contributed by atoms with Gasteiger partial charge < -0.3 is 5.32 Å². The second kappa shape index (κ2) is 8.41. The molecule has 0 atom stereocenters. The highest BCUT2D eigenvalue weighted by molar-refractivity contribution is 5.91. The lowest BCUT2D eigenvalue weighted by Crippen LogP contribution is -2.48. The predicted octanol–water partition coefficient (Wildman–Crippen LogP) is 2.79. The molecule has 0 spiro atoms. The molecule has 0 bridgehead atoms. The van der Waals surface area contributed by atoms with Crippen LogP contribution in [0.4, 0.5) is 4.39 Å². The van der Waals surface area contributed by atoms with Gasteiger partial charge in [-0.2, -0.15) is 0 Å². The van der Waals surface area contributed by atoms with E-state index >= 15 is 0 Å². The van der Waals surface area contributed by atoms with Crippen molar-refractivity contribution in [1.29, 1.82) is 0 Å². The van der Waals surface area contributed by atoms with E-state index < -0.39 is 5.41 Å². The summed E-state index contributed by atoms with van der Waals surface area (Å²) < 4.78 is 13.1. The van der Waals surface area contributed by atoms with Gasteiger partial charge in [-0.05, 0) is 36.1 Å². The molecule has 1 aliphatic carbocycles. The molecule has 2 aromatic rings. The zero-order valence-electron chi connectivity index (χ0n) is 16.2. The van der Waals surface area contributed by atoms with Crippen LogP contribution in [0.25, 0.3) is 0 Å². The number of nitrogens with zero attached hydrogens (tertiary/aromatic N) is 2. The molecule has 2 aliphatic rings. The highest BCUT2D eigenvalue weighted by Gasteiger charge is 2.51. The van der Waals surface area contributed by atoms with E-state index in [1.165, 1.54) is 17.7 Å². The Hall–Kier alpha value is -2.24. The number of rotatable bonds is 7. The summed E-state index contributed by atoms with van der Waals surface area (Å²) in [5.74, 6) is -0.173. The molecule has 1 saturated carbocycles. The smallest absolute Gasteiger partial charge is 0.230 e. The number of halogens is 1. The van der Waals surface area contributed by atoms with Crippen molar-refractivity contribution in [3.63, 3.8) is 0 Å². The number of nitrogens with one attached hydrogen (secondary N) is 1. The molecule has 1 amide bonds. The minimum Gasteiger partial charge on any atom is -0.354 e. The van der Waals surface area contributed by atoms with Gasteiger partial charge in [0.25, 0.3) is 0 Å². The Bertz CT molecular complexity index is 781. The number of carbonyl (C=O) groups is 1. The van der Waals surface area contributed by atoms with Crippen LogP contribution in [0, 0.1) is 5.82 Å². The SMILES string of the molecule is O=C(NCCN1CCN(Cc2ccccc2)CC1)C1(c2ccc(F)cc2)CC1. The molecule has 1 aliphatic heterocycles. The van der Waals surface area contributed by atoms with E-state index in [2.05, 4.69) is 45.4 Å². The summed E-state index contributed by atoms with van der Waals surface area (Å²) in [5, 5.41) is 3.11. The molecule has 1 saturated heterocycles. The quantitative estimate of drug-likeness (QED) is 0.801. The normalized spacial score (nSPS) is 19.3. The van der Waals surface area contributed by atoms with Crippen molar-refractivity contribution in [1.82, 2.24) is 15.1 Å². The minimum atomic E-state index is -0.428. The number of amides is 1. The van der Waals surface area contributed by atoms with E-state index in [0.29, 0.717) is 6.54 Å². The van der Waals surface area contributed by atoms with E-state index in [-0.39, 0.29) is 11.7 Å². The van der Waals surface area contributed by atoms with Crippen molar-refractivity contribution in [2.45, 2.75) is 24.8 Å². The van der Waals surface area contributed by atoms with Gasteiger partial charge in [-0.25, -0.2) is 4.39 Å². The fraction of sp³-hybridized carbons (Fsp3) is 0.435. The summed E-state index contributed by atoms with van der Waals surface area (Å²) in [4.78, 5) is 17.6. The fourth-order valence-electron chi connectivity index (χ4n) is 4.05. The van der Waals surface area contributed by atoms with E-state index in [9.17, 15) is 9.18 Å². The van der Waals surface area contributed by atoms with Crippen LogP contribution in [0.15, 0.2) is 54.6 Å². The van der Waals surface area contributed by atoms with E-state index in [1.807, 2.05) is 0 Å². The maximum absolute atomic E-state index is 13.1. The van der Waals surface area contributed by atoms with Gasteiger partial charge in [0, 0.05) is 45.8 Å². The van der Waals surface area contributed by atoms with E-state index in [0.717, 1.165) is 57.7 Å². The summed E-state index contributed by atoms with van der Waals surface area (Å²) in [6, 6.07) is 17.0. The fourth-order valence-corrected chi connectivity index (χ4v) is 4.05. The third kappa shape index (κ3) is 4.42. The van der Waals surface area contributed by atoms with Gasteiger partial charge in [0.1, 0.15) is 5.82 Å². The first-order valence-electron chi connectivity index (χ1n) is 10.2. The number of hydrogen-bond acceptors (Lipinski definition) is 3. The molecule has 0 radical (unpaired) electrons. The minimum absolute atomic E-state index is 0.0850. The van der Waals surface area contributed by atoms with Gasteiger partial charge in [0.15, 0.2) is 0 Å². The molecule has 4 rings (SSSR count). The van der Waals surface area contributed by atoms with Gasteiger partial charge in [-0.3, -0.25) is 14.6 Å². The topological polar surface area (TPSA) is 35.6 Å². The second-order valence-corrected chi connectivity index (χ2v) is 7.95. The molecule has 148 valence electrons. The van der Waals surface area contributed by atoms with Crippen LogP contribution in [0.2, 0.25) is 0 Å². The third-order valence-electron chi connectivity index (χ3n) is 6.01.